The van der Waals surface area contributed by atoms with Crippen LogP contribution in [0.15, 0.2) is 24.7 Å². The van der Waals surface area contributed by atoms with Crippen LogP contribution in [0.5, 0.6) is 0 Å². The Morgan fingerprint density at radius 3 is 2.61 bits per heavy atom. The lowest BCUT2D eigenvalue weighted by Crippen LogP contribution is -2.17. The predicted molar refractivity (Wildman–Crippen MR) is 86.5 cm³/mol. The van der Waals surface area contributed by atoms with Crippen molar-refractivity contribution in [1.82, 2.24) is 19.9 Å². The molecule has 0 bridgehead atoms. The lowest BCUT2D eigenvalue weighted by atomic mass is 9.95. The highest BCUT2D eigenvalue weighted by Crippen LogP contribution is 2.17. The molecule has 2 heterocycles. The number of aromatic nitrogens is 4. The molecule has 0 saturated heterocycles. The summed E-state index contributed by atoms with van der Waals surface area (Å²) in [5.74, 6) is 0.327. The number of anilines is 1. The Morgan fingerprint density at radius 1 is 1.22 bits per heavy atom. The Kier molecular flexibility index (Phi) is 5.20. The van der Waals surface area contributed by atoms with Crippen molar-refractivity contribution in [3.05, 3.63) is 41.9 Å². The second kappa shape index (κ2) is 7.13. The van der Waals surface area contributed by atoms with Crippen LogP contribution in [0.4, 0.5) is 5.82 Å². The van der Waals surface area contributed by atoms with Crippen molar-refractivity contribution in [3.8, 4) is 0 Å². The van der Waals surface area contributed by atoms with Gasteiger partial charge in [-0.15, -0.1) is 0 Å². The van der Waals surface area contributed by atoms with Gasteiger partial charge in [-0.1, -0.05) is 20.8 Å². The van der Waals surface area contributed by atoms with E-state index in [2.05, 4.69) is 46.0 Å². The summed E-state index contributed by atoms with van der Waals surface area (Å²) >= 11 is 0. The van der Waals surface area contributed by atoms with E-state index in [-0.39, 0.29) is 11.1 Å². The third-order valence-electron chi connectivity index (χ3n) is 3.17. The van der Waals surface area contributed by atoms with E-state index in [1.165, 1.54) is 12.4 Å². The maximum absolute atomic E-state index is 10.7. The molecule has 0 fully saturated rings. The van der Waals surface area contributed by atoms with Crippen LogP contribution in [0, 0.1) is 0 Å². The summed E-state index contributed by atoms with van der Waals surface area (Å²) < 4.78 is 0. The minimum absolute atomic E-state index is 0.0598. The average Bonchev–Trinajstić information content (AvgIpc) is 2.51. The quantitative estimate of drug-likeness (QED) is 0.789. The lowest BCUT2D eigenvalue weighted by molar-refractivity contribution is 0.0690. The molecule has 2 aromatic heterocycles. The number of carboxylic acid groups (broad SMARTS) is 1. The molecule has 2 N–H and O–H groups in total. The highest BCUT2D eigenvalue weighted by atomic mass is 16.4. The van der Waals surface area contributed by atoms with Gasteiger partial charge in [-0.3, -0.25) is 0 Å². The molecule has 23 heavy (non-hydrogen) atoms. The highest BCUT2D eigenvalue weighted by Gasteiger charge is 2.17. The molecule has 0 spiro atoms. The zero-order valence-electron chi connectivity index (χ0n) is 13.6. The molecule has 0 saturated carbocycles. The first-order valence-electron chi connectivity index (χ1n) is 7.48. The summed E-state index contributed by atoms with van der Waals surface area (Å²) in [6.45, 7) is 6.98. The zero-order chi connectivity index (χ0) is 16.9. The number of carboxylic acids is 1. The Morgan fingerprint density at radius 2 is 2.00 bits per heavy atom. The first-order chi connectivity index (χ1) is 10.9. The number of aryl methyl sites for hydroxylation is 1. The van der Waals surface area contributed by atoms with Crippen molar-refractivity contribution in [2.45, 2.75) is 39.0 Å². The van der Waals surface area contributed by atoms with Gasteiger partial charge in [-0.05, 0) is 18.9 Å². The predicted octanol–water partition coefficient (Wildman–Crippen LogP) is 2.31. The molecule has 2 rings (SSSR count). The number of rotatable bonds is 6. The standard InChI is InChI=1S/C16H21N5O2/c1-16(2,3)15-18-8-6-11(21-15)5-4-7-17-13-10-19-12(9-20-13)14(22)23/h6,8-10H,4-5,7H2,1-3H3,(H,17,20)(H,22,23). The topological polar surface area (TPSA) is 101 Å². The van der Waals surface area contributed by atoms with Crippen LogP contribution in [0.1, 0.15) is 49.2 Å². The van der Waals surface area contributed by atoms with Crippen molar-refractivity contribution in [2.75, 3.05) is 11.9 Å². The second-order valence-corrected chi connectivity index (χ2v) is 6.24. The molecule has 7 heteroatoms. The maximum atomic E-state index is 10.7. The maximum Gasteiger partial charge on any atom is 0.356 e. The van der Waals surface area contributed by atoms with Gasteiger partial charge in [-0.25, -0.2) is 24.7 Å². The van der Waals surface area contributed by atoms with Crippen LogP contribution in [0.25, 0.3) is 0 Å². The van der Waals surface area contributed by atoms with Crippen LogP contribution in [-0.4, -0.2) is 37.6 Å². The molecule has 0 unspecified atom stereocenters. The van der Waals surface area contributed by atoms with Crippen molar-refractivity contribution >= 4 is 11.8 Å². The first kappa shape index (κ1) is 16.8. The molecule has 0 amide bonds. The summed E-state index contributed by atoms with van der Waals surface area (Å²) in [6, 6.07) is 1.93. The van der Waals surface area contributed by atoms with Gasteiger partial charge in [0.05, 0.1) is 12.4 Å². The van der Waals surface area contributed by atoms with E-state index in [1.807, 2.05) is 6.07 Å². The monoisotopic (exact) mass is 315 g/mol. The van der Waals surface area contributed by atoms with E-state index >= 15 is 0 Å². The Bertz CT molecular complexity index is 665. The largest absolute Gasteiger partial charge is 0.476 e. The van der Waals surface area contributed by atoms with E-state index in [0.717, 1.165) is 24.4 Å². The molecule has 0 aliphatic heterocycles. The fourth-order valence-electron chi connectivity index (χ4n) is 1.91. The molecule has 0 atom stereocenters. The first-order valence-corrected chi connectivity index (χ1v) is 7.48. The van der Waals surface area contributed by atoms with Crippen molar-refractivity contribution in [3.63, 3.8) is 0 Å². The highest BCUT2D eigenvalue weighted by molar-refractivity contribution is 5.84. The summed E-state index contributed by atoms with van der Waals surface area (Å²) in [5.41, 5.74) is 0.890. The number of nitrogens with zero attached hydrogens (tertiary/aromatic N) is 4. The molecule has 0 aromatic carbocycles. The van der Waals surface area contributed by atoms with Crippen molar-refractivity contribution in [1.29, 1.82) is 0 Å². The zero-order valence-corrected chi connectivity index (χ0v) is 13.6. The van der Waals surface area contributed by atoms with Crippen LogP contribution in [0.3, 0.4) is 0 Å². The van der Waals surface area contributed by atoms with Gasteiger partial charge in [0.15, 0.2) is 5.69 Å². The number of aromatic carboxylic acids is 1. The fraction of sp³-hybridized carbons (Fsp3) is 0.438. The SMILES string of the molecule is CC(C)(C)c1nccc(CCCNc2cnc(C(=O)O)cn2)n1. The Labute approximate surface area is 135 Å². The van der Waals surface area contributed by atoms with E-state index in [0.29, 0.717) is 12.4 Å². The van der Waals surface area contributed by atoms with Gasteiger partial charge in [0.2, 0.25) is 0 Å². The minimum Gasteiger partial charge on any atom is -0.476 e. The number of nitrogens with one attached hydrogen (secondary N) is 1. The Balaban J connectivity index is 1.82. The lowest BCUT2D eigenvalue weighted by Gasteiger charge is -2.16. The summed E-state index contributed by atoms with van der Waals surface area (Å²) in [5, 5.41) is 11.9. The minimum atomic E-state index is -1.08. The normalized spacial score (nSPS) is 11.3. The van der Waals surface area contributed by atoms with Crippen LogP contribution < -0.4 is 5.32 Å². The van der Waals surface area contributed by atoms with Gasteiger partial charge < -0.3 is 10.4 Å². The molecular weight excluding hydrogens is 294 g/mol. The van der Waals surface area contributed by atoms with Gasteiger partial charge in [0, 0.05) is 23.9 Å². The van der Waals surface area contributed by atoms with Crippen molar-refractivity contribution in [2.24, 2.45) is 0 Å². The van der Waals surface area contributed by atoms with Gasteiger partial charge in [0.25, 0.3) is 0 Å². The third-order valence-corrected chi connectivity index (χ3v) is 3.17. The molecule has 2 aromatic rings. The number of carbonyl (C=O) groups is 1. The number of hydrogen-bond acceptors (Lipinski definition) is 6. The molecular formula is C16H21N5O2. The van der Waals surface area contributed by atoms with E-state index in [4.69, 9.17) is 5.11 Å². The third kappa shape index (κ3) is 4.98. The molecule has 7 nitrogen and oxygen atoms in total. The van der Waals surface area contributed by atoms with Crippen LogP contribution >= 0.6 is 0 Å². The summed E-state index contributed by atoms with van der Waals surface area (Å²) in [6.07, 6.45) is 6.17. The number of hydrogen-bond donors (Lipinski definition) is 2. The van der Waals surface area contributed by atoms with Gasteiger partial charge in [0.1, 0.15) is 11.6 Å². The second-order valence-electron chi connectivity index (χ2n) is 6.24. The molecule has 122 valence electrons. The summed E-state index contributed by atoms with van der Waals surface area (Å²) in [4.78, 5) is 27.4. The van der Waals surface area contributed by atoms with E-state index < -0.39 is 5.97 Å². The van der Waals surface area contributed by atoms with Gasteiger partial charge >= 0.3 is 5.97 Å². The van der Waals surface area contributed by atoms with E-state index in [9.17, 15) is 4.79 Å². The van der Waals surface area contributed by atoms with Crippen LogP contribution in [-0.2, 0) is 11.8 Å². The smallest absolute Gasteiger partial charge is 0.356 e. The fourth-order valence-corrected chi connectivity index (χ4v) is 1.91. The molecule has 0 aliphatic rings. The molecule has 0 radical (unpaired) electrons. The Hall–Kier alpha value is -2.57. The summed E-state index contributed by atoms with van der Waals surface area (Å²) in [7, 11) is 0. The molecule has 0 aliphatic carbocycles. The van der Waals surface area contributed by atoms with E-state index in [1.54, 1.807) is 6.20 Å². The van der Waals surface area contributed by atoms with Crippen molar-refractivity contribution < 1.29 is 9.90 Å². The average molecular weight is 315 g/mol. The van der Waals surface area contributed by atoms with Gasteiger partial charge in [-0.2, -0.15) is 0 Å². The van der Waals surface area contributed by atoms with Crippen LogP contribution in [0.2, 0.25) is 0 Å².